The molecule has 0 amide bonds. The zero-order chi connectivity index (χ0) is 13.1. The maximum absolute atomic E-state index is 13.5. The molecule has 0 radical (unpaired) electrons. The van der Waals surface area contributed by atoms with Crippen molar-refractivity contribution < 1.29 is 31.8 Å². The van der Waals surface area contributed by atoms with Crippen molar-refractivity contribution in [1.29, 1.82) is 0 Å². The number of carbonyl (C=O) groups is 1. The normalized spacial score (nSPS) is 10.9. The summed E-state index contributed by atoms with van der Waals surface area (Å²) in [6.07, 6.45) is -3.00. The number of rotatable bonds is 3. The van der Waals surface area contributed by atoms with Crippen molar-refractivity contribution in [3.8, 4) is 0 Å². The van der Waals surface area contributed by atoms with Crippen LogP contribution in [-0.2, 0) is 15.7 Å². The monoisotopic (exact) mass is 252 g/mol. The Balaban J connectivity index is 3.29. The minimum absolute atomic E-state index is 0.828. The van der Waals surface area contributed by atoms with E-state index in [-0.39, 0.29) is 0 Å². The van der Waals surface area contributed by atoms with E-state index in [2.05, 4.69) is 4.94 Å². The topological polar surface area (TPSA) is 26.3 Å². The van der Waals surface area contributed by atoms with E-state index in [9.17, 15) is 26.9 Å². The molecule has 0 heterocycles. The van der Waals surface area contributed by atoms with Crippen LogP contribution in [0.15, 0.2) is 42.0 Å². The van der Waals surface area contributed by atoms with E-state index < -0.39 is 29.1 Å². The van der Waals surface area contributed by atoms with Gasteiger partial charge in [-0.05, 0) is 0 Å². The smallest absolute Gasteiger partial charge is 0.249 e. The van der Waals surface area contributed by atoms with Gasteiger partial charge in [0.25, 0.3) is 6.08 Å². The van der Waals surface area contributed by atoms with E-state index in [1.54, 1.807) is 0 Å². The summed E-state index contributed by atoms with van der Waals surface area (Å²) in [7, 11) is 0. The molecular formula is C10H5F5O2. The molecule has 0 aromatic heterocycles. The van der Waals surface area contributed by atoms with Crippen LogP contribution in [0.5, 0.6) is 0 Å². The van der Waals surface area contributed by atoms with Crippen molar-refractivity contribution in [2.75, 3.05) is 0 Å². The fraction of sp³-hybridized carbons (Fsp3) is 0.100. The van der Waals surface area contributed by atoms with Crippen LogP contribution < -0.4 is 0 Å². The number of alkyl halides is 2. The van der Waals surface area contributed by atoms with E-state index in [4.69, 9.17) is 0 Å². The molecule has 2 nitrogen and oxygen atoms in total. The van der Waals surface area contributed by atoms with Gasteiger partial charge in [0.2, 0.25) is 0 Å². The molecule has 0 N–H and O–H groups in total. The third-order valence-corrected chi connectivity index (χ3v) is 1.91. The van der Waals surface area contributed by atoms with Gasteiger partial charge in [0.1, 0.15) is 0 Å². The van der Waals surface area contributed by atoms with Gasteiger partial charge in [0, 0.05) is 10.1 Å². The Hall–Kier alpha value is -1.92. The van der Waals surface area contributed by atoms with Crippen molar-refractivity contribution >= 4 is 5.97 Å². The van der Waals surface area contributed by atoms with Crippen LogP contribution in [0.2, 0.25) is 0 Å². The van der Waals surface area contributed by atoms with Gasteiger partial charge in [-0.15, -0.1) is 0 Å². The Morgan fingerprint density at radius 1 is 1.12 bits per heavy atom. The van der Waals surface area contributed by atoms with Crippen molar-refractivity contribution in [2.45, 2.75) is 5.92 Å². The van der Waals surface area contributed by atoms with E-state index in [0.717, 1.165) is 24.3 Å². The maximum Gasteiger partial charge on any atom is 0.387 e. The number of halogens is 5. The van der Waals surface area contributed by atoms with Crippen LogP contribution in [0.1, 0.15) is 5.56 Å². The van der Waals surface area contributed by atoms with Gasteiger partial charge < -0.3 is 0 Å². The lowest BCUT2D eigenvalue weighted by molar-refractivity contribution is -0.182. The second-order valence-electron chi connectivity index (χ2n) is 2.94. The molecule has 92 valence electrons. The highest BCUT2D eigenvalue weighted by Gasteiger charge is 2.45. The first-order valence-corrected chi connectivity index (χ1v) is 4.23. The van der Waals surface area contributed by atoms with Crippen LogP contribution in [0.25, 0.3) is 0 Å². The molecule has 0 unspecified atom stereocenters. The average molecular weight is 252 g/mol. The Bertz CT molecular complexity index is 437. The molecule has 0 aliphatic heterocycles. The van der Waals surface area contributed by atoms with E-state index in [1.165, 1.54) is 6.07 Å². The van der Waals surface area contributed by atoms with Crippen molar-refractivity contribution in [3.63, 3.8) is 0 Å². The van der Waals surface area contributed by atoms with Gasteiger partial charge in [-0.25, -0.2) is 9.74 Å². The van der Waals surface area contributed by atoms with Gasteiger partial charge in [-0.3, -0.25) is 0 Å². The molecule has 1 aromatic rings. The lowest BCUT2D eigenvalue weighted by Crippen LogP contribution is -2.24. The average Bonchev–Trinajstić information content (AvgIpc) is 2.29. The zero-order valence-corrected chi connectivity index (χ0v) is 8.09. The molecule has 1 rings (SSSR count). The minimum atomic E-state index is -4.33. The summed E-state index contributed by atoms with van der Waals surface area (Å²) in [5, 5.41) is 0. The summed E-state index contributed by atoms with van der Waals surface area (Å²) in [6, 6.07) is 5.36. The lowest BCUT2D eigenvalue weighted by Gasteiger charge is -2.16. The summed E-state index contributed by atoms with van der Waals surface area (Å²) >= 11 is 0. The predicted octanol–water partition coefficient (Wildman–Crippen LogP) is 3.36. The molecule has 0 aliphatic carbocycles. The fourth-order valence-corrected chi connectivity index (χ4v) is 1.15. The molecule has 7 heteroatoms. The molecule has 0 saturated heterocycles. The summed E-state index contributed by atoms with van der Waals surface area (Å²) in [5.74, 6) is -6.75. The Kier molecular flexibility index (Phi) is 3.82. The van der Waals surface area contributed by atoms with E-state index in [0.29, 0.717) is 0 Å². The summed E-state index contributed by atoms with van der Waals surface area (Å²) in [5.41, 5.74) is -3.18. The second-order valence-corrected chi connectivity index (χ2v) is 2.94. The lowest BCUT2D eigenvalue weighted by atomic mass is 10.0. The first-order chi connectivity index (χ1) is 7.91. The molecule has 0 spiro atoms. The van der Waals surface area contributed by atoms with Crippen LogP contribution in [-0.4, -0.2) is 5.97 Å². The van der Waals surface area contributed by atoms with Crippen LogP contribution >= 0.6 is 0 Å². The van der Waals surface area contributed by atoms with Crippen molar-refractivity contribution in [3.05, 3.63) is 47.5 Å². The van der Waals surface area contributed by atoms with Gasteiger partial charge in [-0.2, -0.15) is 17.6 Å². The third kappa shape index (κ3) is 2.61. The van der Waals surface area contributed by atoms with Gasteiger partial charge >= 0.3 is 11.9 Å². The van der Waals surface area contributed by atoms with E-state index in [1.807, 2.05) is 0 Å². The third-order valence-electron chi connectivity index (χ3n) is 1.91. The highest BCUT2D eigenvalue weighted by atomic mass is 19.3. The molecule has 0 atom stereocenters. The zero-order valence-electron chi connectivity index (χ0n) is 8.09. The van der Waals surface area contributed by atoms with Crippen molar-refractivity contribution in [2.24, 2.45) is 0 Å². The van der Waals surface area contributed by atoms with E-state index >= 15 is 0 Å². The van der Waals surface area contributed by atoms with Crippen LogP contribution in [0, 0.1) is 0 Å². The van der Waals surface area contributed by atoms with Gasteiger partial charge in [0.05, 0.1) is 0 Å². The standard InChI is InChI=1S/C10H5F5O2/c11-8(12)7(9(16)17-15)10(13,14)6-4-2-1-3-5-6/h1-5H. The number of hydrogen-bond donors (Lipinski definition) is 0. The second kappa shape index (κ2) is 4.94. The van der Waals surface area contributed by atoms with Crippen LogP contribution in [0.3, 0.4) is 0 Å². The summed E-state index contributed by atoms with van der Waals surface area (Å²) < 4.78 is 63.0. The SMILES string of the molecule is O=C(OF)C(=C(F)F)C(F)(F)c1ccccc1. The highest BCUT2D eigenvalue weighted by Crippen LogP contribution is 2.38. The molecule has 17 heavy (non-hydrogen) atoms. The Labute approximate surface area is 92.2 Å². The largest absolute Gasteiger partial charge is 0.387 e. The number of hydrogen-bond acceptors (Lipinski definition) is 2. The first-order valence-electron chi connectivity index (χ1n) is 4.23. The molecule has 0 bridgehead atoms. The Morgan fingerprint density at radius 3 is 2.06 bits per heavy atom. The maximum atomic E-state index is 13.5. The van der Waals surface area contributed by atoms with Crippen LogP contribution in [0.4, 0.5) is 22.1 Å². The van der Waals surface area contributed by atoms with Crippen molar-refractivity contribution in [1.82, 2.24) is 0 Å². The summed E-state index contributed by atoms with van der Waals surface area (Å²) in [4.78, 5) is 13.0. The predicted molar refractivity (Wildman–Crippen MR) is 46.8 cm³/mol. The van der Waals surface area contributed by atoms with Gasteiger partial charge in [-0.1, -0.05) is 30.3 Å². The number of benzene rings is 1. The molecule has 0 fully saturated rings. The number of carbonyl (C=O) groups excluding carboxylic acids is 1. The quantitative estimate of drug-likeness (QED) is 0.609. The molecule has 0 aliphatic rings. The Morgan fingerprint density at radius 2 is 1.65 bits per heavy atom. The highest BCUT2D eigenvalue weighted by molar-refractivity contribution is 5.90. The molecule has 0 saturated carbocycles. The fourth-order valence-electron chi connectivity index (χ4n) is 1.15. The van der Waals surface area contributed by atoms with Gasteiger partial charge in [0.15, 0.2) is 5.57 Å². The first kappa shape index (κ1) is 13.1. The minimum Gasteiger partial charge on any atom is -0.249 e. The molecular weight excluding hydrogens is 247 g/mol. The summed E-state index contributed by atoms with van der Waals surface area (Å²) in [6.45, 7) is 0. The molecule has 1 aromatic carbocycles.